The SMILES string of the molecule is CNc1ccc(-n2c(-c3ccccn3)nc3cc(C(F)(F)F)cnc32)cn1.CNc1ccc(Nc2ncc(C(F)(F)F)cc2N)cn1.CNc1ccc(Nc2ncc(C(F)(F)F)cc2NC(=O)c2ccccn2)cn1. The molecule has 27 heteroatoms. The molecule has 9 rings (SSSR count). The number of amides is 1. The van der Waals surface area contributed by atoms with Gasteiger partial charge in [0.2, 0.25) is 0 Å². The third kappa shape index (κ3) is 13.6. The summed E-state index contributed by atoms with van der Waals surface area (Å²) < 4.78 is 117. The first-order chi connectivity index (χ1) is 35.7. The third-order valence-corrected chi connectivity index (χ3v) is 10.2. The minimum absolute atomic E-state index is 0.0382. The number of imidazole rings is 1. The molecule has 0 aromatic carbocycles. The van der Waals surface area contributed by atoms with Gasteiger partial charge in [-0.3, -0.25) is 19.3 Å². The summed E-state index contributed by atoms with van der Waals surface area (Å²) in [7, 11) is 5.18. The van der Waals surface area contributed by atoms with Crippen LogP contribution in [0, 0.1) is 0 Å². The number of halogens is 9. The molecular weight excluding hydrogens is 1000 g/mol. The number of rotatable bonds is 11. The number of aromatic nitrogens is 10. The van der Waals surface area contributed by atoms with Gasteiger partial charge in [0.25, 0.3) is 5.91 Å². The monoisotopic (exact) mass is 1040 g/mol. The van der Waals surface area contributed by atoms with E-state index in [2.05, 4.69) is 76.8 Å². The highest BCUT2D eigenvalue weighted by Gasteiger charge is 2.34. The lowest BCUT2D eigenvalue weighted by atomic mass is 10.2. The van der Waals surface area contributed by atoms with Crippen molar-refractivity contribution in [1.82, 2.24) is 49.4 Å². The van der Waals surface area contributed by atoms with Crippen LogP contribution < -0.4 is 37.6 Å². The number of carbonyl (C=O) groups excluding carboxylic acids is 1. The van der Waals surface area contributed by atoms with Gasteiger partial charge in [-0.05, 0) is 78.9 Å². The Labute approximate surface area is 419 Å². The Hall–Kier alpha value is -9.69. The van der Waals surface area contributed by atoms with Crippen LogP contribution in [0.1, 0.15) is 27.2 Å². The number of hydrogen-bond acceptors (Lipinski definition) is 16. The number of nitrogens with zero attached hydrogens (tertiary/aromatic N) is 10. The van der Waals surface area contributed by atoms with E-state index in [0.717, 1.165) is 30.6 Å². The zero-order valence-corrected chi connectivity index (χ0v) is 39.1. The summed E-state index contributed by atoms with van der Waals surface area (Å²) in [5.41, 5.74) is 5.29. The predicted molar refractivity (Wildman–Crippen MR) is 264 cm³/mol. The van der Waals surface area contributed by atoms with Crippen molar-refractivity contribution in [2.45, 2.75) is 18.5 Å². The third-order valence-electron chi connectivity index (χ3n) is 10.2. The summed E-state index contributed by atoms with van der Waals surface area (Å²) in [6.07, 6.45) is -3.74. The summed E-state index contributed by atoms with van der Waals surface area (Å²) >= 11 is 0. The van der Waals surface area contributed by atoms with Crippen LogP contribution in [-0.4, -0.2) is 76.5 Å². The molecule has 0 aliphatic carbocycles. The van der Waals surface area contributed by atoms with Crippen molar-refractivity contribution < 1.29 is 44.3 Å². The number of nitrogens with two attached hydrogens (primary N) is 1. The van der Waals surface area contributed by atoms with E-state index in [1.165, 1.54) is 24.7 Å². The number of nitrogens with one attached hydrogen (secondary N) is 6. The number of hydrogen-bond donors (Lipinski definition) is 7. The van der Waals surface area contributed by atoms with Gasteiger partial charge in [-0.15, -0.1) is 0 Å². The van der Waals surface area contributed by atoms with Crippen molar-refractivity contribution >= 4 is 68.9 Å². The van der Waals surface area contributed by atoms with Crippen molar-refractivity contribution in [3.63, 3.8) is 0 Å². The van der Waals surface area contributed by atoms with Gasteiger partial charge < -0.3 is 37.6 Å². The lowest BCUT2D eigenvalue weighted by Crippen LogP contribution is -2.16. The Balaban J connectivity index is 0.000000167. The fourth-order valence-corrected chi connectivity index (χ4v) is 6.44. The van der Waals surface area contributed by atoms with E-state index in [9.17, 15) is 44.3 Å². The van der Waals surface area contributed by atoms with Crippen LogP contribution in [0.4, 0.5) is 91.4 Å². The fourth-order valence-electron chi connectivity index (χ4n) is 6.44. The van der Waals surface area contributed by atoms with Crippen LogP contribution in [0.2, 0.25) is 0 Å². The first kappa shape index (κ1) is 53.1. The quantitative estimate of drug-likeness (QED) is 0.0597. The van der Waals surface area contributed by atoms with Crippen molar-refractivity contribution in [2.75, 3.05) is 58.8 Å². The molecule has 18 nitrogen and oxygen atoms in total. The van der Waals surface area contributed by atoms with Crippen molar-refractivity contribution in [2.24, 2.45) is 0 Å². The lowest BCUT2D eigenvalue weighted by Gasteiger charge is -2.15. The molecule has 1 amide bonds. The van der Waals surface area contributed by atoms with Gasteiger partial charge in [-0.25, -0.2) is 34.9 Å². The summed E-state index contributed by atoms with van der Waals surface area (Å²) in [6.45, 7) is 0. The summed E-state index contributed by atoms with van der Waals surface area (Å²) in [4.78, 5) is 48.8. The Morgan fingerprint density at radius 1 is 0.533 bits per heavy atom. The molecule has 9 aromatic heterocycles. The number of anilines is 9. The standard InChI is InChI=1S/C18H15F3N6O.C18H13F3N6.C12H12F3N5/c1-22-15-6-5-12(10-24-15)26-16-14(8-11(9-25-16)18(19,20)21)27-17(28)13-4-2-3-7-23-13;1-22-15-6-5-12(10-24-15)27-16-14(8-11(9-25-16)18(19,20)21)26-17(27)13-4-2-3-7-23-13;1-17-10-3-2-8(6-18-10)20-11-9(16)4-7(5-19-11)12(13,14)15/h2-10H,1H3,(H,22,24)(H,25,26)(H,27,28);2-10H,1H3,(H,22,24);2-6H,16H2,1H3,(H,17,18)(H,19,20). The highest BCUT2D eigenvalue weighted by Crippen LogP contribution is 2.36. The van der Waals surface area contributed by atoms with Gasteiger partial charge in [-0.1, -0.05) is 12.1 Å². The number of nitrogen functional groups attached to an aromatic ring is 1. The Morgan fingerprint density at radius 3 is 1.55 bits per heavy atom. The zero-order valence-electron chi connectivity index (χ0n) is 39.1. The largest absolute Gasteiger partial charge is 0.417 e. The number of pyridine rings is 8. The number of fused-ring (bicyclic) bond motifs is 1. The number of alkyl halides is 9. The van der Waals surface area contributed by atoms with Gasteiger partial charge in [-0.2, -0.15) is 39.5 Å². The van der Waals surface area contributed by atoms with E-state index < -0.39 is 41.1 Å². The van der Waals surface area contributed by atoms with Crippen LogP contribution in [0.3, 0.4) is 0 Å². The van der Waals surface area contributed by atoms with Gasteiger partial charge in [0.05, 0.1) is 63.7 Å². The molecule has 9 heterocycles. The molecular formula is C48H40F9N17O. The lowest BCUT2D eigenvalue weighted by molar-refractivity contribution is -0.138. The number of carbonyl (C=O) groups is 1. The van der Waals surface area contributed by atoms with Crippen LogP contribution in [0.5, 0.6) is 0 Å². The van der Waals surface area contributed by atoms with Crippen molar-refractivity contribution in [3.8, 4) is 17.2 Å². The van der Waals surface area contributed by atoms with Gasteiger partial charge in [0, 0.05) is 52.1 Å². The van der Waals surface area contributed by atoms with E-state index in [1.54, 1.807) is 105 Å². The van der Waals surface area contributed by atoms with Gasteiger partial charge >= 0.3 is 18.5 Å². The molecule has 0 aliphatic rings. The predicted octanol–water partition coefficient (Wildman–Crippen LogP) is 10.7. The maximum Gasteiger partial charge on any atom is 0.417 e. The fraction of sp³-hybridized carbons (Fsp3) is 0.125. The molecule has 0 radical (unpaired) electrons. The molecule has 0 fully saturated rings. The van der Waals surface area contributed by atoms with E-state index in [4.69, 9.17) is 5.73 Å². The molecule has 8 N–H and O–H groups in total. The maximum atomic E-state index is 13.1. The van der Waals surface area contributed by atoms with Crippen LogP contribution in [-0.2, 0) is 18.5 Å². The second kappa shape index (κ2) is 22.8. The highest BCUT2D eigenvalue weighted by atomic mass is 19.4. The first-order valence-corrected chi connectivity index (χ1v) is 21.7. The van der Waals surface area contributed by atoms with Crippen LogP contribution in [0.25, 0.3) is 28.4 Å². The molecule has 386 valence electrons. The maximum absolute atomic E-state index is 13.1. The zero-order chi connectivity index (χ0) is 53.9. The molecule has 0 saturated heterocycles. The van der Waals surface area contributed by atoms with E-state index >= 15 is 0 Å². The topological polar surface area (TPSA) is 236 Å². The smallest absolute Gasteiger partial charge is 0.396 e. The molecule has 9 aromatic rings. The van der Waals surface area contributed by atoms with Crippen molar-refractivity contribution in [3.05, 3.63) is 163 Å². The summed E-state index contributed by atoms with van der Waals surface area (Å²) in [5, 5.41) is 16.7. The molecule has 0 atom stereocenters. The Morgan fingerprint density at radius 2 is 1.05 bits per heavy atom. The van der Waals surface area contributed by atoms with E-state index in [1.807, 2.05) is 0 Å². The second-order valence-electron chi connectivity index (χ2n) is 15.3. The van der Waals surface area contributed by atoms with Crippen LogP contribution in [0.15, 0.2) is 141 Å². The van der Waals surface area contributed by atoms with Crippen LogP contribution >= 0.6 is 0 Å². The second-order valence-corrected chi connectivity index (χ2v) is 15.3. The molecule has 0 saturated carbocycles. The molecule has 0 spiro atoms. The summed E-state index contributed by atoms with van der Waals surface area (Å²) in [6, 6.07) is 22.9. The van der Waals surface area contributed by atoms with E-state index in [-0.39, 0.29) is 34.2 Å². The first-order valence-electron chi connectivity index (χ1n) is 21.7. The van der Waals surface area contributed by atoms with Gasteiger partial charge in [0.15, 0.2) is 23.1 Å². The summed E-state index contributed by atoms with van der Waals surface area (Å²) in [5.74, 6) is 1.87. The molecule has 0 unspecified atom stereocenters. The van der Waals surface area contributed by atoms with Gasteiger partial charge in [0.1, 0.15) is 34.4 Å². The van der Waals surface area contributed by atoms with Crippen molar-refractivity contribution in [1.29, 1.82) is 0 Å². The van der Waals surface area contributed by atoms with E-state index in [0.29, 0.717) is 57.9 Å². The highest BCUT2D eigenvalue weighted by molar-refractivity contribution is 6.04. The molecule has 0 bridgehead atoms. The Bertz CT molecular complexity index is 3340. The normalized spacial score (nSPS) is 11.3. The molecule has 75 heavy (non-hydrogen) atoms. The minimum Gasteiger partial charge on any atom is -0.396 e. The Kier molecular flexibility index (Phi) is 16.2. The minimum atomic E-state index is -4.61. The average Bonchev–Trinajstić information content (AvgIpc) is 3.79. The average molecular weight is 1040 g/mol. The molecule has 0 aliphatic heterocycles.